The molecule has 1 aromatic heterocycles. The van der Waals surface area contributed by atoms with Gasteiger partial charge in [-0.2, -0.15) is 0 Å². The molecule has 4 N–H and O–H groups in total. The number of nitrogens with one attached hydrogen (secondary N) is 4. The Balaban J connectivity index is 2.11. The minimum absolute atomic E-state index is 0.0385. The number of carbonyl (C=O) groups is 3. The third kappa shape index (κ3) is 7.25. The van der Waals surface area contributed by atoms with E-state index in [0.29, 0.717) is 5.69 Å². The molecule has 2 rings (SSSR count). The lowest BCUT2D eigenvalue weighted by molar-refractivity contribution is -0.118. The van der Waals surface area contributed by atoms with Crippen molar-refractivity contribution in [3.63, 3.8) is 0 Å². The van der Waals surface area contributed by atoms with E-state index < -0.39 is 35.4 Å². The highest BCUT2D eigenvalue weighted by Crippen LogP contribution is 2.20. The average Bonchev–Trinajstić information content (AvgIpc) is 2.69. The number of halogens is 1. The number of aromatic nitrogens is 1. The molecule has 0 saturated carbocycles. The lowest BCUT2D eigenvalue weighted by Crippen LogP contribution is -2.45. The molecule has 0 aliphatic carbocycles. The fraction of sp³-hybridized carbons (Fsp3) is 0.333. The molecular weight excluding hydrogens is 405 g/mol. The molecule has 0 unspecified atom stereocenters. The molecule has 10 heteroatoms. The summed E-state index contributed by atoms with van der Waals surface area (Å²) in [4.78, 5) is 41.0. The van der Waals surface area contributed by atoms with Crippen molar-refractivity contribution in [2.45, 2.75) is 45.8 Å². The van der Waals surface area contributed by atoms with Crippen molar-refractivity contribution in [2.75, 3.05) is 10.7 Å². The largest absolute Gasteiger partial charge is 0.444 e. The van der Waals surface area contributed by atoms with Gasteiger partial charge >= 0.3 is 6.09 Å². The maximum absolute atomic E-state index is 14.4. The summed E-state index contributed by atoms with van der Waals surface area (Å²) < 4.78 is 19.6. The number of pyridine rings is 1. The van der Waals surface area contributed by atoms with Gasteiger partial charge in [0.05, 0.1) is 11.4 Å². The first-order valence-corrected chi connectivity index (χ1v) is 9.66. The van der Waals surface area contributed by atoms with Crippen molar-refractivity contribution >= 4 is 29.3 Å². The number of benzene rings is 1. The SMILES string of the molecule is CC[C@H](NC(=O)OC(C)(C)C)C(=O)Nc1cccc(F)c1C(=O)NNc1ccncc1. The first-order valence-electron chi connectivity index (χ1n) is 9.66. The van der Waals surface area contributed by atoms with Crippen LogP contribution in [0, 0.1) is 5.82 Å². The topological polar surface area (TPSA) is 121 Å². The molecule has 0 aliphatic rings. The normalized spacial score (nSPS) is 11.8. The first kappa shape index (κ1) is 23.6. The second kappa shape index (κ2) is 10.4. The number of hydrazine groups is 1. The number of hydrogen-bond donors (Lipinski definition) is 4. The summed E-state index contributed by atoms with van der Waals surface area (Å²) in [6.45, 7) is 6.79. The van der Waals surface area contributed by atoms with E-state index in [9.17, 15) is 18.8 Å². The van der Waals surface area contributed by atoms with E-state index in [1.807, 2.05) is 0 Å². The van der Waals surface area contributed by atoms with Crippen LogP contribution in [0.4, 0.5) is 20.6 Å². The monoisotopic (exact) mass is 431 g/mol. The molecule has 3 amide bonds. The first-order chi connectivity index (χ1) is 14.6. The van der Waals surface area contributed by atoms with Crippen molar-refractivity contribution < 1.29 is 23.5 Å². The molecule has 9 nitrogen and oxygen atoms in total. The Hall–Kier alpha value is -3.69. The van der Waals surface area contributed by atoms with Gasteiger partial charge in [-0.05, 0) is 51.5 Å². The highest BCUT2D eigenvalue weighted by molar-refractivity contribution is 6.05. The minimum atomic E-state index is -0.941. The molecule has 1 heterocycles. The van der Waals surface area contributed by atoms with Crippen LogP contribution in [0.25, 0.3) is 0 Å². The number of alkyl carbamates (subject to hydrolysis) is 1. The second-order valence-corrected chi connectivity index (χ2v) is 7.57. The highest BCUT2D eigenvalue weighted by Gasteiger charge is 2.25. The number of rotatable bonds is 7. The van der Waals surface area contributed by atoms with Crippen molar-refractivity contribution in [3.05, 3.63) is 54.1 Å². The lowest BCUT2D eigenvalue weighted by atomic mass is 10.1. The van der Waals surface area contributed by atoms with E-state index in [0.717, 1.165) is 6.07 Å². The molecule has 1 atom stereocenters. The maximum atomic E-state index is 14.4. The number of nitrogens with zero attached hydrogens (tertiary/aromatic N) is 1. The molecule has 2 aromatic rings. The van der Waals surface area contributed by atoms with E-state index >= 15 is 0 Å². The fourth-order valence-corrected chi connectivity index (χ4v) is 2.51. The predicted molar refractivity (Wildman–Crippen MR) is 114 cm³/mol. The van der Waals surface area contributed by atoms with Crippen LogP contribution in [-0.4, -0.2) is 34.5 Å². The molecule has 1 aromatic carbocycles. The van der Waals surface area contributed by atoms with Gasteiger partial charge in [-0.15, -0.1) is 0 Å². The van der Waals surface area contributed by atoms with E-state index in [2.05, 4.69) is 26.5 Å². The molecule has 0 bridgehead atoms. The Morgan fingerprint density at radius 1 is 1.13 bits per heavy atom. The fourth-order valence-electron chi connectivity index (χ4n) is 2.51. The van der Waals surface area contributed by atoms with Crippen LogP contribution < -0.4 is 21.5 Å². The van der Waals surface area contributed by atoms with E-state index in [1.54, 1.807) is 39.8 Å². The lowest BCUT2D eigenvalue weighted by Gasteiger charge is -2.23. The van der Waals surface area contributed by atoms with Crippen molar-refractivity contribution in [1.82, 2.24) is 15.7 Å². The zero-order valence-corrected chi connectivity index (χ0v) is 17.8. The van der Waals surface area contributed by atoms with Gasteiger partial charge in [0.1, 0.15) is 23.0 Å². The number of amides is 3. The quantitative estimate of drug-likeness (QED) is 0.500. The van der Waals surface area contributed by atoms with Gasteiger partial charge in [-0.1, -0.05) is 13.0 Å². The second-order valence-electron chi connectivity index (χ2n) is 7.57. The van der Waals surface area contributed by atoms with E-state index in [4.69, 9.17) is 4.74 Å². The third-order valence-corrected chi connectivity index (χ3v) is 3.91. The van der Waals surface area contributed by atoms with Gasteiger partial charge in [-0.3, -0.25) is 25.4 Å². The van der Waals surface area contributed by atoms with Crippen molar-refractivity contribution in [1.29, 1.82) is 0 Å². The number of hydrogen-bond acceptors (Lipinski definition) is 6. The van der Waals surface area contributed by atoms with Crippen LogP contribution >= 0.6 is 0 Å². The standard InChI is InChI=1S/C21H26FN5O4/c1-5-15(25-20(30)31-21(2,3)4)18(28)24-16-8-6-7-14(22)17(16)19(29)27-26-13-9-11-23-12-10-13/h6-12,15H,5H2,1-4H3,(H,23,26)(H,24,28)(H,25,30)(H,27,29)/t15-/m0/s1. The van der Waals surface area contributed by atoms with Crippen LogP contribution in [0.15, 0.2) is 42.7 Å². The van der Waals surface area contributed by atoms with Crippen LogP contribution in [0.2, 0.25) is 0 Å². The summed E-state index contributed by atoms with van der Waals surface area (Å²) in [5.74, 6) is -2.23. The molecule has 0 spiro atoms. The van der Waals surface area contributed by atoms with Crippen molar-refractivity contribution in [2.24, 2.45) is 0 Å². The van der Waals surface area contributed by atoms with Crippen molar-refractivity contribution in [3.8, 4) is 0 Å². The van der Waals surface area contributed by atoms with Crippen LogP contribution in [0.3, 0.4) is 0 Å². The Labute approximate surface area is 179 Å². The number of ether oxygens (including phenoxy) is 1. The highest BCUT2D eigenvalue weighted by atomic mass is 19.1. The van der Waals surface area contributed by atoms with Gasteiger partial charge in [-0.25, -0.2) is 9.18 Å². The minimum Gasteiger partial charge on any atom is -0.444 e. The van der Waals surface area contributed by atoms with E-state index in [1.165, 1.54) is 24.5 Å². The Morgan fingerprint density at radius 3 is 2.42 bits per heavy atom. The molecule has 0 radical (unpaired) electrons. The summed E-state index contributed by atoms with van der Waals surface area (Å²) in [5, 5.41) is 4.97. The molecule has 0 aliphatic heterocycles. The third-order valence-electron chi connectivity index (χ3n) is 3.91. The maximum Gasteiger partial charge on any atom is 0.408 e. The van der Waals surface area contributed by atoms with Gasteiger partial charge in [0.25, 0.3) is 5.91 Å². The summed E-state index contributed by atoms with van der Waals surface area (Å²) in [7, 11) is 0. The predicted octanol–water partition coefficient (Wildman–Crippen LogP) is 3.22. The van der Waals surface area contributed by atoms with Gasteiger partial charge in [0.2, 0.25) is 5.91 Å². The molecular formula is C21H26FN5O4. The Kier molecular flexibility index (Phi) is 7.89. The zero-order valence-electron chi connectivity index (χ0n) is 17.8. The number of carbonyl (C=O) groups excluding carboxylic acids is 3. The van der Waals surface area contributed by atoms with Crippen LogP contribution in [-0.2, 0) is 9.53 Å². The van der Waals surface area contributed by atoms with Crippen LogP contribution in [0.5, 0.6) is 0 Å². The van der Waals surface area contributed by atoms with Gasteiger partial charge < -0.3 is 15.4 Å². The van der Waals surface area contributed by atoms with E-state index in [-0.39, 0.29) is 17.7 Å². The molecule has 0 fully saturated rings. The molecule has 31 heavy (non-hydrogen) atoms. The van der Waals surface area contributed by atoms with Gasteiger partial charge in [0, 0.05) is 12.4 Å². The Morgan fingerprint density at radius 2 is 1.81 bits per heavy atom. The average molecular weight is 431 g/mol. The smallest absolute Gasteiger partial charge is 0.408 e. The van der Waals surface area contributed by atoms with Gasteiger partial charge in [0.15, 0.2) is 0 Å². The summed E-state index contributed by atoms with van der Waals surface area (Å²) in [6.07, 6.45) is 2.54. The van der Waals surface area contributed by atoms with Crippen LogP contribution in [0.1, 0.15) is 44.5 Å². The summed E-state index contributed by atoms with van der Waals surface area (Å²) in [5.41, 5.74) is 4.43. The number of anilines is 2. The molecule has 166 valence electrons. The zero-order chi connectivity index (χ0) is 23.0. The summed E-state index contributed by atoms with van der Waals surface area (Å²) in [6, 6.07) is 6.14. The Bertz CT molecular complexity index is 931. The summed E-state index contributed by atoms with van der Waals surface area (Å²) >= 11 is 0. The molecule has 0 saturated heterocycles.